The van der Waals surface area contributed by atoms with Crippen molar-refractivity contribution >= 4 is 99.0 Å². The molecular weight excluding hydrogens is 543 g/mol. The van der Waals surface area contributed by atoms with Crippen molar-refractivity contribution in [2.45, 2.75) is 0 Å². The predicted molar refractivity (Wildman–Crippen MR) is 192 cm³/mol. The predicted octanol–water partition coefficient (Wildman–Crippen LogP) is 8.48. The van der Waals surface area contributed by atoms with Gasteiger partial charge in [0.1, 0.15) is 0 Å². The van der Waals surface area contributed by atoms with Crippen molar-refractivity contribution in [1.82, 2.24) is 9.13 Å². The smallest absolute Gasteiger partial charge is 0.252 e. The molecule has 0 bridgehead atoms. The molecule has 10 aromatic rings. The topological polar surface area (TPSA) is 9.86 Å². The van der Waals surface area contributed by atoms with Crippen LogP contribution in [0, 0.1) is 0 Å². The van der Waals surface area contributed by atoms with Gasteiger partial charge in [0.15, 0.2) is 0 Å². The van der Waals surface area contributed by atoms with Gasteiger partial charge < -0.3 is 9.13 Å². The molecule has 2 nitrogen and oxygen atoms in total. The SMILES string of the molecule is c1cc2c3c(c1)-n1c4ccc5c6ccccc6c6ccccc6c5c4c4cccc(c41)B3c1cccc3c4ccccc4n-2c13. The van der Waals surface area contributed by atoms with Crippen molar-refractivity contribution in [2.24, 2.45) is 0 Å². The highest BCUT2D eigenvalue weighted by Crippen LogP contribution is 2.44. The second-order valence-corrected chi connectivity index (χ2v) is 12.8. The monoisotopic (exact) mass is 566 g/mol. The minimum atomic E-state index is 0.168. The number of rotatable bonds is 0. The van der Waals surface area contributed by atoms with Crippen LogP contribution in [0.2, 0.25) is 0 Å². The van der Waals surface area contributed by atoms with Crippen LogP contribution in [0.25, 0.3) is 87.3 Å². The molecule has 0 aliphatic carbocycles. The van der Waals surface area contributed by atoms with E-state index in [9.17, 15) is 0 Å². The summed E-state index contributed by atoms with van der Waals surface area (Å²) in [6.07, 6.45) is 0. The molecule has 45 heavy (non-hydrogen) atoms. The van der Waals surface area contributed by atoms with Crippen molar-refractivity contribution in [3.05, 3.63) is 140 Å². The summed E-state index contributed by atoms with van der Waals surface area (Å²) in [7, 11) is 0. The first-order valence-corrected chi connectivity index (χ1v) is 15.8. The van der Waals surface area contributed by atoms with Gasteiger partial charge in [-0.05, 0) is 67.6 Å². The highest BCUT2D eigenvalue weighted by Gasteiger charge is 2.40. The molecular formula is C42H23BN2. The summed E-state index contributed by atoms with van der Waals surface area (Å²) >= 11 is 0. The van der Waals surface area contributed by atoms with Crippen LogP contribution in [0.3, 0.4) is 0 Å². The number of nitrogens with zero attached hydrogens (tertiary/aromatic N) is 2. The first kappa shape index (κ1) is 22.7. The summed E-state index contributed by atoms with van der Waals surface area (Å²) in [6, 6.07) is 52.4. The van der Waals surface area contributed by atoms with Crippen LogP contribution >= 0.6 is 0 Å². The Morgan fingerprint density at radius 1 is 0.333 bits per heavy atom. The van der Waals surface area contributed by atoms with E-state index in [1.165, 1.54) is 104 Å². The first-order chi connectivity index (χ1) is 22.4. The number of benzene rings is 8. The lowest BCUT2D eigenvalue weighted by Gasteiger charge is -2.33. The highest BCUT2D eigenvalue weighted by molar-refractivity contribution is 7.00. The lowest BCUT2D eigenvalue weighted by atomic mass is 9.34. The molecule has 12 rings (SSSR count). The maximum absolute atomic E-state index is 2.58. The highest BCUT2D eigenvalue weighted by atomic mass is 15.0. The van der Waals surface area contributed by atoms with E-state index < -0.39 is 0 Å². The minimum absolute atomic E-state index is 0.168. The Bertz CT molecular complexity index is 2960. The lowest BCUT2D eigenvalue weighted by molar-refractivity contribution is 1.14. The van der Waals surface area contributed by atoms with E-state index in [4.69, 9.17) is 0 Å². The van der Waals surface area contributed by atoms with Crippen LogP contribution < -0.4 is 16.4 Å². The van der Waals surface area contributed by atoms with Crippen LogP contribution in [0.1, 0.15) is 0 Å². The van der Waals surface area contributed by atoms with Crippen LogP contribution in [0.5, 0.6) is 0 Å². The Balaban J connectivity index is 1.33. The van der Waals surface area contributed by atoms with Gasteiger partial charge in [-0.3, -0.25) is 0 Å². The zero-order valence-corrected chi connectivity index (χ0v) is 24.3. The van der Waals surface area contributed by atoms with Crippen molar-refractivity contribution in [3.8, 4) is 11.4 Å². The molecule has 0 saturated carbocycles. The van der Waals surface area contributed by atoms with Gasteiger partial charge >= 0.3 is 0 Å². The standard InChI is InChI=1S/C42H23BN2/c1-2-12-26-24(10-1)25-11-3-4-14-28(25)38-29(26)22-23-35-39(38)31-16-8-18-33-42(31)45(35)37-21-9-20-36-40(37)43(33)32-17-7-15-30-27-13-5-6-19-34(27)44(36)41(30)32/h1-23H. The molecule has 0 N–H and O–H groups in total. The number of hydrogen-bond donors (Lipinski definition) is 0. The van der Waals surface area contributed by atoms with Gasteiger partial charge in [0.25, 0.3) is 6.71 Å². The third-order valence-electron chi connectivity index (χ3n) is 10.9. The third kappa shape index (κ3) is 2.48. The van der Waals surface area contributed by atoms with Crippen molar-refractivity contribution < 1.29 is 0 Å². The fourth-order valence-electron chi connectivity index (χ4n) is 9.29. The van der Waals surface area contributed by atoms with Crippen LogP contribution in [-0.4, -0.2) is 15.8 Å². The molecule has 8 aromatic carbocycles. The molecule has 0 atom stereocenters. The average molecular weight is 566 g/mol. The number of aromatic nitrogens is 2. The Morgan fingerprint density at radius 2 is 0.844 bits per heavy atom. The zero-order valence-electron chi connectivity index (χ0n) is 24.3. The molecule has 0 fully saturated rings. The van der Waals surface area contributed by atoms with E-state index in [1.807, 2.05) is 0 Å². The summed E-state index contributed by atoms with van der Waals surface area (Å²) in [4.78, 5) is 0. The summed E-state index contributed by atoms with van der Waals surface area (Å²) in [5.74, 6) is 0. The van der Waals surface area contributed by atoms with Crippen molar-refractivity contribution in [3.63, 3.8) is 0 Å². The fourth-order valence-corrected chi connectivity index (χ4v) is 9.29. The minimum Gasteiger partial charge on any atom is -0.310 e. The third-order valence-corrected chi connectivity index (χ3v) is 10.9. The van der Waals surface area contributed by atoms with Gasteiger partial charge in [0, 0.05) is 49.3 Å². The molecule has 2 aromatic heterocycles. The van der Waals surface area contributed by atoms with Crippen LogP contribution in [0.15, 0.2) is 140 Å². The van der Waals surface area contributed by atoms with E-state index in [0.29, 0.717) is 0 Å². The van der Waals surface area contributed by atoms with E-state index >= 15 is 0 Å². The quantitative estimate of drug-likeness (QED) is 0.129. The van der Waals surface area contributed by atoms with Gasteiger partial charge in [0.05, 0.1) is 11.0 Å². The van der Waals surface area contributed by atoms with E-state index in [0.717, 1.165) is 0 Å². The van der Waals surface area contributed by atoms with Gasteiger partial charge in [-0.1, -0.05) is 115 Å². The summed E-state index contributed by atoms with van der Waals surface area (Å²) in [5, 5.41) is 13.3. The summed E-state index contributed by atoms with van der Waals surface area (Å²) in [5.41, 5.74) is 12.0. The Hall–Kier alpha value is -5.80. The number of para-hydroxylation sites is 3. The second kappa shape index (κ2) is 7.64. The molecule has 0 spiro atoms. The molecule has 0 saturated heterocycles. The molecule has 0 radical (unpaired) electrons. The molecule has 0 unspecified atom stereocenters. The number of hydrogen-bond acceptors (Lipinski definition) is 0. The van der Waals surface area contributed by atoms with Gasteiger partial charge in [0.2, 0.25) is 0 Å². The average Bonchev–Trinajstić information content (AvgIpc) is 3.63. The maximum Gasteiger partial charge on any atom is 0.252 e. The van der Waals surface area contributed by atoms with Crippen molar-refractivity contribution in [1.29, 1.82) is 0 Å². The summed E-state index contributed by atoms with van der Waals surface area (Å²) < 4.78 is 5.11. The molecule has 204 valence electrons. The molecule has 3 heteroatoms. The second-order valence-electron chi connectivity index (χ2n) is 12.8. The van der Waals surface area contributed by atoms with E-state index in [-0.39, 0.29) is 6.71 Å². The largest absolute Gasteiger partial charge is 0.310 e. The normalized spacial score (nSPS) is 13.3. The van der Waals surface area contributed by atoms with E-state index in [2.05, 4.69) is 149 Å². The molecule has 0 amide bonds. The first-order valence-electron chi connectivity index (χ1n) is 15.8. The Morgan fingerprint density at radius 3 is 1.58 bits per heavy atom. The van der Waals surface area contributed by atoms with E-state index in [1.54, 1.807) is 0 Å². The molecule has 2 aliphatic rings. The van der Waals surface area contributed by atoms with Crippen LogP contribution in [-0.2, 0) is 0 Å². The fraction of sp³-hybridized carbons (Fsp3) is 0. The van der Waals surface area contributed by atoms with Crippen LogP contribution in [0.4, 0.5) is 0 Å². The Labute approximate surface area is 258 Å². The maximum atomic E-state index is 2.58. The van der Waals surface area contributed by atoms with Gasteiger partial charge in [-0.2, -0.15) is 0 Å². The summed E-state index contributed by atoms with van der Waals surface area (Å²) in [6.45, 7) is 0.168. The van der Waals surface area contributed by atoms with Gasteiger partial charge in [-0.15, -0.1) is 0 Å². The zero-order chi connectivity index (χ0) is 29.0. The van der Waals surface area contributed by atoms with Gasteiger partial charge in [-0.25, -0.2) is 0 Å². The Kier molecular flexibility index (Phi) is 3.85. The van der Waals surface area contributed by atoms with Crippen molar-refractivity contribution in [2.75, 3.05) is 0 Å². The molecule has 4 heterocycles. The number of fused-ring (bicyclic) bond motifs is 17. The lowest BCUT2D eigenvalue weighted by Crippen LogP contribution is -2.59. The molecule has 2 aliphatic heterocycles.